The van der Waals surface area contributed by atoms with E-state index in [0.717, 1.165) is 63.8 Å². The number of unbranched alkanes of at least 4 members (excludes halogenated alkanes) is 3. The summed E-state index contributed by atoms with van der Waals surface area (Å²) in [5.41, 5.74) is 8.16. The maximum absolute atomic E-state index is 11.6. The van der Waals surface area contributed by atoms with E-state index in [1.807, 2.05) is 0 Å². The Bertz CT molecular complexity index is 567. The van der Waals surface area contributed by atoms with E-state index in [9.17, 15) is 4.79 Å². The fraction of sp³-hybridized carbons (Fsp3) is 0.609. The van der Waals surface area contributed by atoms with Crippen LogP contribution in [0.1, 0.15) is 70.6 Å². The summed E-state index contributed by atoms with van der Waals surface area (Å²) in [5, 5.41) is 6.52. The first-order chi connectivity index (χ1) is 13.8. The van der Waals surface area contributed by atoms with Crippen LogP contribution < -0.4 is 5.32 Å². The predicted octanol–water partition coefficient (Wildman–Crippen LogP) is 6.56. The summed E-state index contributed by atoms with van der Waals surface area (Å²) in [6.07, 6.45) is 28.5. The van der Waals surface area contributed by atoms with Crippen LogP contribution in [0.15, 0.2) is 53.7 Å². The van der Waals surface area contributed by atoms with Gasteiger partial charge in [0.2, 0.25) is 5.91 Å². The smallest absolute Gasteiger partial charge is 0.220 e. The Kier molecular flexibility index (Phi) is 15.4. The first-order valence-electron chi connectivity index (χ1n) is 10.7. The molecule has 1 fully saturated rings. The van der Waals surface area contributed by atoms with Gasteiger partial charge in [0.25, 0.3) is 0 Å². The summed E-state index contributed by atoms with van der Waals surface area (Å²) in [7, 11) is 0. The highest BCUT2D eigenvalue weighted by molar-refractivity contribution is 5.75. The van der Waals surface area contributed by atoms with Crippen LogP contribution in [0.4, 0.5) is 0 Å². The van der Waals surface area contributed by atoms with E-state index < -0.39 is 0 Å². The molecule has 0 aromatic carbocycles. The van der Waals surface area contributed by atoms with Crippen LogP contribution in [0, 0.1) is 5.92 Å². The van der Waals surface area contributed by atoms with Crippen molar-refractivity contribution in [2.75, 3.05) is 13.1 Å². The zero-order valence-electron chi connectivity index (χ0n) is 17.1. The lowest BCUT2D eigenvalue weighted by Gasteiger charge is -2.02. The number of hydrogen-bond acceptors (Lipinski definition) is 2. The van der Waals surface area contributed by atoms with Gasteiger partial charge in [0, 0.05) is 24.4 Å². The molecule has 0 aliphatic heterocycles. The molecule has 0 unspecified atom stereocenters. The number of amides is 1. The van der Waals surface area contributed by atoms with Gasteiger partial charge in [0.15, 0.2) is 0 Å². The van der Waals surface area contributed by atoms with Crippen molar-refractivity contribution in [3.05, 3.63) is 59.1 Å². The minimum Gasteiger partial charge on any atom is -0.356 e. The number of rotatable bonds is 17. The molecule has 5 heteroatoms. The Morgan fingerprint density at radius 3 is 2.04 bits per heavy atom. The number of hydrogen-bond donors (Lipinski definition) is 1. The Hall–Kier alpha value is -2.26. The predicted molar refractivity (Wildman–Crippen MR) is 118 cm³/mol. The molecule has 1 amide bonds. The maximum Gasteiger partial charge on any atom is 0.220 e. The second-order valence-corrected chi connectivity index (χ2v) is 7.18. The second kappa shape index (κ2) is 18.1. The molecule has 0 spiro atoms. The van der Waals surface area contributed by atoms with Gasteiger partial charge in [0.1, 0.15) is 0 Å². The van der Waals surface area contributed by atoms with E-state index in [2.05, 4.69) is 64.0 Å². The lowest BCUT2D eigenvalue weighted by molar-refractivity contribution is -0.121. The molecule has 0 saturated heterocycles. The van der Waals surface area contributed by atoms with Crippen LogP contribution in [0.3, 0.4) is 0 Å². The van der Waals surface area contributed by atoms with Gasteiger partial charge in [-0.25, -0.2) is 0 Å². The molecule has 0 atom stereocenters. The van der Waals surface area contributed by atoms with Crippen molar-refractivity contribution in [3.8, 4) is 0 Å². The van der Waals surface area contributed by atoms with Crippen LogP contribution in [0.25, 0.3) is 10.4 Å². The number of azide groups is 1. The summed E-state index contributed by atoms with van der Waals surface area (Å²) in [5.74, 6) is 0.960. The van der Waals surface area contributed by atoms with Gasteiger partial charge in [-0.05, 0) is 75.7 Å². The van der Waals surface area contributed by atoms with E-state index in [1.165, 1.54) is 12.8 Å². The Morgan fingerprint density at radius 2 is 1.46 bits per heavy atom. The summed E-state index contributed by atoms with van der Waals surface area (Å²) in [4.78, 5) is 14.3. The van der Waals surface area contributed by atoms with E-state index in [-0.39, 0.29) is 5.91 Å². The van der Waals surface area contributed by atoms with E-state index >= 15 is 0 Å². The molecule has 154 valence electrons. The summed E-state index contributed by atoms with van der Waals surface area (Å²) in [6, 6.07) is 0. The normalized spacial score (nSPS) is 14.4. The van der Waals surface area contributed by atoms with Gasteiger partial charge in [-0.3, -0.25) is 4.79 Å². The topological polar surface area (TPSA) is 77.9 Å². The fourth-order valence-corrected chi connectivity index (χ4v) is 2.59. The maximum atomic E-state index is 11.6. The first-order valence-corrected chi connectivity index (χ1v) is 10.7. The van der Waals surface area contributed by atoms with Crippen molar-refractivity contribution in [2.45, 2.75) is 70.6 Å². The average molecular weight is 385 g/mol. The van der Waals surface area contributed by atoms with Crippen molar-refractivity contribution >= 4 is 5.91 Å². The third kappa shape index (κ3) is 17.2. The molecule has 0 aromatic heterocycles. The number of nitrogens with one attached hydrogen (secondary N) is 1. The Balaban J connectivity index is 1.85. The van der Waals surface area contributed by atoms with Gasteiger partial charge in [-0.2, -0.15) is 0 Å². The Labute approximate surface area is 170 Å². The zero-order valence-corrected chi connectivity index (χ0v) is 17.1. The molecule has 1 saturated carbocycles. The molecular weight excluding hydrogens is 348 g/mol. The van der Waals surface area contributed by atoms with Gasteiger partial charge in [0.05, 0.1) is 0 Å². The van der Waals surface area contributed by atoms with Gasteiger partial charge in [-0.1, -0.05) is 53.7 Å². The molecule has 1 rings (SSSR count). The molecule has 0 radical (unpaired) electrons. The van der Waals surface area contributed by atoms with Crippen LogP contribution >= 0.6 is 0 Å². The number of nitrogens with zero attached hydrogens (tertiary/aromatic N) is 3. The highest BCUT2D eigenvalue weighted by Crippen LogP contribution is 2.27. The molecule has 1 aliphatic carbocycles. The highest BCUT2D eigenvalue weighted by atomic mass is 16.1. The number of carbonyl (C=O) groups is 1. The lowest BCUT2D eigenvalue weighted by Crippen LogP contribution is -2.24. The molecular formula is C23H36N4O. The van der Waals surface area contributed by atoms with Crippen molar-refractivity contribution < 1.29 is 4.79 Å². The number of carbonyl (C=O) groups excluding carboxylic acids is 1. The SMILES string of the molecule is [N-]=[N+]=NCCCCC=CCC=CCC=CCC=CCCCC(=O)NCC1CC1. The molecule has 0 bridgehead atoms. The van der Waals surface area contributed by atoms with Gasteiger partial charge >= 0.3 is 0 Å². The van der Waals surface area contributed by atoms with E-state index in [4.69, 9.17) is 5.53 Å². The van der Waals surface area contributed by atoms with Crippen molar-refractivity contribution in [1.82, 2.24) is 5.32 Å². The minimum absolute atomic E-state index is 0.201. The third-order valence-electron chi connectivity index (χ3n) is 4.48. The molecule has 5 nitrogen and oxygen atoms in total. The first kappa shape index (κ1) is 23.8. The largest absolute Gasteiger partial charge is 0.356 e. The Morgan fingerprint density at radius 1 is 0.893 bits per heavy atom. The van der Waals surface area contributed by atoms with Crippen LogP contribution in [-0.4, -0.2) is 19.0 Å². The standard InChI is InChI=1S/C23H36N4O/c24-27-26-20-16-14-12-10-8-6-4-2-1-3-5-7-9-11-13-15-17-23(28)25-21-22-18-19-22/h2-5,8-11,22H,1,6-7,12-21H2,(H,25,28). The molecule has 0 heterocycles. The summed E-state index contributed by atoms with van der Waals surface area (Å²) < 4.78 is 0. The third-order valence-corrected chi connectivity index (χ3v) is 4.48. The summed E-state index contributed by atoms with van der Waals surface area (Å²) in [6.45, 7) is 1.48. The van der Waals surface area contributed by atoms with Crippen LogP contribution in [0.2, 0.25) is 0 Å². The molecule has 1 aliphatic rings. The average Bonchev–Trinajstić information content (AvgIpc) is 3.52. The van der Waals surface area contributed by atoms with Crippen LogP contribution in [-0.2, 0) is 4.79 Å². The fourth-order valence-electron chi connectivity index (χ4n) is 2.59. The van der Waals surface area contributed by atoms with Gasteiger partial charge < -0.3 is 5.32 Å². The van der Waals surface area contributed by atoms with E-state index in [1.54, 1.807) is 0 Å². The van der Waals surface area contributed by atoms with Crippen molar-refractivity contribution in [1.29, 1.82) is 0 Å². The summed E-state index contributed by atoms with van der Waals surface area (Å²) >= 11 is 0. The zero-order chi connectivity index (χ0) is 20.1. The van der Waals surface area contributed by atoms with Crippen LogP contribution in [0.5, 0.6) is 0 Å². The quantitative estimate of drug-likeness (QED) is 0.0995. The molecule has 1 N–H and O–H groups in total. The monoisotopic (exact) mass is 384 g/mol. The highest BCUT2D eigenvalue weighted by Gasteiger charge is 2.21. The minimum atomic E-state index is 0.201. The molecule has 0 aromatic rings. The van der Waals surface area contributed by atoms with E-state index in [0.29, 0.717) is 13.0 Å². The number of allylic oxidation sites excluding steroid dienone is 8. The second-order valence-electron chi connectivity index (χ2n) is 7.18. The lowest BCUT2D eigenvalue weighted by atomic mass is 10.2. The van der Waals surface area contributed by atoms with Crippen molar-refractivity contribution in [3.63, 3.8) is 0 Å². The molecule has 28 heavy (non-hydrogen) atoms. The van der Waals surface area contributed by atoms with Crippen molar-refractivity contribution in [2.24, 2.45) is 11.0 Å². The van der Waals surface area contributed by atoms with Gasteiger partial charge in [-0.15, -0.1) is 0 Å².